The lowest BCUT2D eigenvalue weighted by Crippen LogP contribution is -2.27. The standard InChI is InChI=1S/C20H21ClN2O4/c1-12(2)11-22-18(24)13-4-6-14(7-5-13)19(25)23-17-10-15(20(26)27-3)8-9-16(17)21/h4-10,12H,11H2,1-3H3,(H,22,24)(H,23,25). The molecule has 0 saturated heterocycles. The number of esters is 1. The number of amides is 2. The number of carbonyl (C=O) groups is 3. The van der Waals surface area contributed by atoms with Gasteiger partial charge in [-0.1, -0.05) is 25.4 Å². The zero-order chi connectivity index (χ0) is 20.0. The van der Waals surface area contributed by atoms with E-state index in [1.54, 1.807) is 24.3 Å². The number of rotatable bonds is 6. The molecule has 27 heavy (non-hydrogen) atoms. The quantitative estimate of drug-likeness (QED) is 0.738. The molecule has 2 amide bonds. The normalized spacial score (nSPS) is 10.4. The zero-order valence-corrected chi connectivity index (χ0v) is 16.1. The first kappa shape index (κ1) is 20.5. The molecule has 2 aromatic carbocycles. The van der Waals surface area contributed by atoms with Gasteiger partial charge in [-0.25, -0.2) is 4.79 Å². The topological polar surface area (TPSA) is 84.5 Å². The summed E-state index contributed by atoms with van der Waals surface area (Å²) in [4.78, 5) is 36.1. The lowest BCUT2D eigenvalue weighted by atomic mass is 10.1. The largest absolute Gasteiger partial charge is 0.465 e. The highest BCUT2D eigenvalue weighted by atomic mass is 35.5. The first-order valence-corrected chi connectivity index (χ1v) is 8.77. The Morgan fingerprint density at radius 3 is 2.07 bits per heavy atom. The van der Waals surface area contributed by atoms with E-state index in [0.717, 1.165) is 0 Å². The van der Waals surface area contributed by atoms with E-state index < -0.39 is 11.9 Å². The molecule has 0 aliphatic rings. The average molecular weight is 389 g/mol. The van der Waals surface area contributed by atoms with Crippen molar-refractivity contribution in [1.29, 1.82) is 0 Å². The fraction of sp³-hybridized carbons (Fsp3) is 0.250. The molecule has 0 atom stereocenters. The number of benzene rings is 2. The Labute approximate surface area is 162 Å². The van der Waals surface area contributed by atoms with Crippen molar-refractivity contribution in [2.75, 3.05) is 19.0 Å². The first-order chi connectivity index (χ1) is 12.8. The SMILES string of the molecule is COC(=O)c1ccc(Cl)c(NC(=O)c2ccc(C(=O)NCC(C)C)cc2)c1. The van der Waals surface area contributed by atoms with E-state index in [0.29, 0.717) is 34.3 Å². The number of nitrogens with one attached hydrogen (secondary N) is 2. The number of ether oxygens (including phenoxy) is 1. The fourth-order valence-electron chi connectivity index (χ4n) is 2.23. The second-order valence-corrected chi connectivity index (χ2v) is 6.73. The second-order valence-electron chi connectivity index (χ2n) is 6.32. The van der Waals surface area contributed by atoms with Crippen LogP contribution < -0.4 is 10.6 Å². The third-order valence-electron chi connectivity index (χ3n) is 3.72. The van der Waals surface area contributed by atoms with Crippen LogP contribution >= 0.6 is 11.6 Å². The summed E-state index contributed by atoms with van der Waals surface area (Å²) in [6, 6.07) is 10.7. The molecule has 2 aromatic rings. The van der Waals surface area contributed by atoms with Crippen molar-refractivity contribution in [2.45, 2.75) is 13.8 Å². The van der Waals surface area contributed by atoms with Gasteiger partial charge in [0.1, 0.15) is 0 Å². The van der Waals surface area contributed by atoms with Crippen molar-refractivity contribution in [2.24, 2.45) is 5.92 Å². The van der Waals surface area contributed by atoms with Crippen LogP contribution in [0.15, 0.2) is 42.5 Å². The van der Waals surface area contributed by atoms with Crippen molar-refractivity contribution in [1.82, 2.24) is 5.32 Å². The van der Waals surface area contributed by atoms with Crippen molar-refractivity contribution in [3.63, 3.8) is 0 Å². The van der Waals surface area contributed by atoms with Crippen LogP contribution in [0.2, 0.25) is 5.02 Å². The monoisotopic (exact) mass is 388 g/mol. The number of methoxy groups -OCH3 is 1. The molecule has 7 heteroatoms. The maximum Gasteiger partial charge on any atom is 0.337 e. The molecule has 0 aliphatic carbocycles. The number of hydrogen-bond acceptors (Lipinski definition) is 4. The minimum Gasteiger partial charge on any atom is -0.465 e. The fourth-order valence-corrected chi connectivity index (χ4v) is 2.40. The molecule has 0 saturated carbocycles. The summed E-state index contributed by atoms with van der Waals surface area (Å²) in [5.74, 6) is -0.777. The van der Waals surface area contributed by atoms with Crippen molar-refractivity contribution < 1.29 is 19.1 Å². The Hall–Kier alpha value is -2.86. The Balaban J connectivity index is 2.10. The lowest BCUT2D eigenvalue weighted by molar-refractivity contribution is 0.0600. The predicted octanol–water partition coefficient (Wildman–Crippen LogP) is 3.76. The Morgan fingerprint density at radius 2 is 1.52 bits per heavy atom. The van der Waals surface area contributed by atoms with Crippen LogP contribution in [0.4, 0.5) is 5.69 Å². The van der Waals surface area contributed by atoms with Crippen molar-refractivity contribution in [3.8, 4) is 0 Å². The van der Waals surface area contributed by atoms with Gasteiger partial charge < -0.3 is 15.4 Å². The summed E-state index contributed by atoms with van der Waals surface area (Å²) >= 11 is 6.08. The molecule has 0 unspecified atom stereocenters. The van der Waals surface area contributed by atoms with Gasteiger partial charge in [0, 0.05) is 17.7 Å². The van der Waals surface area contributed by atoms with E-state index in [4.69, 9.17) is 11.6 Å². The average Bonchev–Trinajstić information content (AvgIpc) is 2.67. The van der Waals surface area contributed by atoms with Gasteiger partial charge in [0.15, 0.2) is 0 Å². The highest BCUT2D eigenvalue weighted by molar-refractivity contribution is 6.34. The molecule has 0 spiro atoms. The van der Waals surface area contributed by atoms with Gasteiger partial charge in [0.25, 0.3) is 11.8 Å². The highest BCUT2D eigenvalue weighted by Gasteiger charge is 2.13. The summed E-state index contributed by atoms with van der Waals surface area (Å²) in [5, 5.41) is 5.76. The van der Waals surface area contributed by atoms with Crippen LogP contribution in [0, 0.1) is 5.92 Å². The van der Waals surface area contributed by atoms with E-state index >= 15 is 0 Å². The Bertz CT molecular complexity index is 848. The van der Waals surface area contributed by atoms with Crippen LogP contribution in [0.1, 0.15) is 44.9 Å². The lowest BCUT2D eigenvalue weighted by Gasteiger charge is -2.10. The van der Waals surface area contributed by atoms with E-state index in [9.17, 15) is 14.4 Å². The van der Waals surface area contributed by atoms with E-state index in [1.165, 1.54) is 25.3 Å². The summed E-state index contributed by atoms with van der Waals surface area (Å²) < 4.78 is 4.66. The van der Waals surface area contributed by atoms with Gasteiger partial charge in [-0.2, -0.15) is 0 Å². The molecule has 0 aromatic heterocycles. The van der Waals surface area contributed by atoms with Crippen molar-refractivity contribution >= 4 is 35.1 Å². The van der Waals surface area contributed by atoms with Crippen LogP contribution in [-0.2, 0) is 4.74 Å². The zero-order valence-electron chi connectivity index (χ0n) is 15.3. The third-order valence-corrected chi connectivity index (χ3v) is 4.05. The summed E-state index contributed by atoms with van der Waals surface area (Å²) in [6.07, 6.45) is 0. The predicted molar refractivity (Wildman–Crippen MR) is 104 cm³/mol. The van der Waals surface area contributed by atoms with Crippen LogP contribution in [0.3, 0.4) is 0 Å². The van der Waals surface area contributed by atoms with E-state index in [-0.39, 0.29) is 11.5 Å². The van der Waals surface area contributed by atoms with Gasteiger partial charge in [-0.05, 0) is 48.4 Å². The molecule has 0 fully saturated rings. The van der Waals surface area contributed by atoms with E-state index in [2.05, 4.69) is 15.4 Å². The van der Waals surface area contributed by atoms with Crippen LogP contribution in [0.25, 0.3) is 0 Å². The van der Waals surface area contributed by atoms with E-state index in [1.807, 2.05) is 13.8 Å². The van der Waals surface area contributed by atoms with Gasteiger partial charge in [-0.3, -0.25) is 9.59 Å². The third kappa shape index (κ3) is 5.56. The van der Waals surface area contributed by atoms with Crippen molar-refractivity contribution in [3.05, 3.63) is 64.2 Å². The Kier molecular flexibility index (Phi) is 6.96. The Morgan fingerprint density at radius 1 is 0.963 bits per heavy atom. The van der Waals surface area contributed by atoms with Gasteiger partial charge in [-0.15, -0.1) is 0 Å². The van der Waals surface area contributed by atoms with Gasteiger partial charge in [0.2, 0.25) is 0 Å². The second kappa shape index (κ2) is 9.19. The molecule has 2 N–H and O–H groups in total. The van der Waals surface area contributed by atoms with Gasteiger partial charge >= 0.3 is 5.97 Å². The molecular weight excluding hydrogens is 368 g/mol. The summed E-state index contributed by atoms with van der Waals surface area (Å²) in [7, 11) is 1.27. The first-order valence-electron chi connectivity index (χ1n) is 8.39. The molecule has 0 bridgehead atoms. The molecule has 0 heterocycles. The number of hydrogen-bond donors (Lipinski definition) is 2. The van der Waals surface area contributed by atoms with Gasteiger partial charge in [0.05, 0.1) is 23.4 Å². The highest BCUT2D eigenvalue weighted by Crippen LogP contribution is 2.24. The summed E-state index contributed by atoms with van der Waals surface area (Å²) in [6.45, 7) is 4.60. The van der Waals surface area contributed by atoms with Crippen LogP contribution in [-0.4, -0.2) is 31.4 Å². The number of carbonyl (C=O) groups excluding carboxylic acids is 3. The minimum atomic E-state index is -0.529. The molecular formula is C20H21ClN2O4. The maximum absolute atomic E-state index is 12.4. The molecule has 0 aliphatic heterocycles. The molecule has 2 rings (SSSR count). The minimum absolute atomic E-state index is 0.190. The molecule has 142 valence electrons. The summed E-state index contributed by atoms with van der Waals surface area (Å²) in [5.41, 5.74) is 1.39. The molecule has 0 radical (unpaired) electrons. The smallest absolute Gasteiger partial charge is 0.337 e. The number of halogens is 1. The maximum atomic E-state index is 12.4. The number of anilines is 1. The van der Waals surface area contributed by atoms with Crippen LogP contribution in [0.5, 0.6) is 0 Å². The molecule has 6 nitrogen and oxygen atoms in total.